The Balaban J connectivity index is 1.86. The number of carbonyl (C=O) groups is 1. The van der Waals surface area contributed by atoms with Gasteiger partial charge in [0.25, 0.3) is 5.91 Å². The van der Waals surface area contributed by atoms with Crippen molar-refractivity contribution in [1.82, 2.24) is 10.2 Å². The van der Waals surface area contributed by atoms with Crippen molar-refractivity contribution in [2.75, 3.05) is 33.9 Å². The van der Waals surface area contributed by atoms with Crippen molar-refractivity contribution in [3.8, 4) is 11.5 Å². The van der Waals surface area contributed by atoms with Crippen LogP contribution in [0.2, 0.25) is 0 Å². The third kappa shape index (κ3) is 4.86. The number of nitrogens with zero attached hydrogens (tertiary/aromatic N) is 1. The van der Waals surface area contributed by atoms with E-state index in [4.69, 9.17) is 9.47 Å². The first kappa shape index (κ1) is 19.1. The Morgan fingerprint density at radius 3 is 2.54 bits per heavy atom. The molecule has 0 bridgehead atoms. The lowest BCUT2D eigenvalue weighted by atomic mass is 10.0. The van der Waals surface area contributed by atoms with Crippen molar-refractivity contribution in [3.05, 3.63) is 22.2 Å². The van der Waals surface area contributed by atoms with Gasteiger partial charge in [-0.1, -0.05) is 6.42 Å². The quantitative estimate of drug-likeness (QED) is 0.714. The van der Waals surface area contributed by atoms with Crippen molar-refractivity contribution in [2.24, 2.45) is 0 Å². The van der Waals surface area contributed by atoms with Crippen LogP contribution in [0.4, 0.5) is 0 Å². The third-order valence-corrected chi connectivity index (χ3v) is 5.34. The highest BCUT2D eigenvalue weighted by molar-refractivity contribution is 9.10. The van der Waals surface area contributed by atoms with Gasteiger partial charge in [-0.2, -0.15) is 0 Å². The van der Waals surface area contributed by atoms with Gasteiger partial charge in [-0.15, -0.1) is 0 Å². The van der Waals surface area contributed by atoms with Crippen LogP contribution in [0.5, 0.6) is 11.5 Å². The van der Waals surface area contributed by atoms with Crippen molar-refractivity contribution in [3.63, 3.8) is 0 Å². The van der Waals surface area contributed by atoms with E-state index in [0.29, 0.717) is 34.1 Å². The molecule has 0 radical (unpaired) electrons. The number of rotatable bonds is 7. The Bertz CT molecular complexity index is 540. The zero-order valence-corrected chi connectivity index (χ0v) is 16.3. The number of amides is 1. The van der Waals surface area contributed by atoms with Gasteiger partial charge < -0.3 is 19.7 Å². The van der Waals surface area contributed by atoms with Crippen LogP contribution in [0.1, 0.15) is 43.0 Å². The minimum atomic E-state index is -0.106. The van der Waals surface area contributed by atoms with Crippen molar-refractivity contribution in [1.29, 1.82) is 0 Å². The molecule has 1 heterocycles. The molecule has 1 aliphatic heterocycles. The molecule has 134 valence electrons. The van der Waals surface area contributed by atoms with Crippen molar-refractivity contribution >= 4 is 21.8 Å². The molecule has 1 N–H and O–H groups in total. The van der Waals surface area contributed by atoms with Crippen LogP contribution in [0.25, 0.3) is 0 Å². The standard InChI is InChI=1S/C18H27BrN2O3/c1-13-7-4-5-9-21(13)10-6-8-20-18(22)14-11-15(23-2)17(19)16(12-14)24-3/h11-13H,4-10H2,1-3H3,(H,20,22)/t13-/m0/s1. The van der Waals surface area contributed by atoms with Crippen LogP contribution in [-0.2, 0) is 0 Å². The molecule has 1 amide bonds. The fourth-order valence-electron chi connectivity index (χ4n) is 3.08. The summed E-state index contributed by atoms with van der Waals surface area (Å²) in [5, 5.41) is 2.98. The summed E-state index contributed by atoms with van der Waals surface area (Å²) < 4.78 is 11.3. The fourth-order valence-corrected chi connectivity index (χ4v) is 3.63. The number of carbonyl (C=O) groups excluding carboxylic acids is 1. The third-order valence-electron chi connectivity index (χ3n) is 4.56. The zero-order valence-electron chi connectivity index (χ0n) is 14.7. The van der Waals surface area contributed by atoms with E-state index in [1.165, 1.54) is 25.8 Å². The van der Waals surface area contributed by atoms with Gasteiger partial charge in [0.1, 0.15) is 16.0 Å². The predicted octanol–water partition coefficient (Wildman–Crippen LogP) is 3.46. The van der Waals surface area contributed by atoms with Gasteiger partial charge in [0.05, 0.1) is 14.2 Å². The molecular weight excluding hydrogens is 372 g/mol. The van der Waals surface area contributed by atoms with Crippen LogP contribution >= 0.6 is 15.9 Å². The summed E-state index contributed by atoms with van der Waals surface area (Å²) in [6, 6.07) is 4.10. The highest BCUT2D eigenvalue weighted by atomic mass is 79.9. The first-order valence-electron chi connectivity index (χ1n) is 8.50. The van der Waals surface area contributed by atoms with Gasteiger partial charge in [-0.05, 0) is 60.8 Å². The number of likely N-dealkylation sites (tertiary alicyclic amines) is 1. The molecule has 0 spiro atoms. The van der Waals surface area contributed by atoms with E-state index in [2.05, 4.69) is 33.1 Å². The molecule has 2 rings (SSSR count). The molecule has 0 aliphatic carbocycles. The van der Waals surface area contributed by atoms with Crippen molar-refractivity contribution in [2.45, 2.75) is 38.6 Å². The molecule has 5 nitrogen and oxygen atoms in total. The zero-order chi connectivity index (χ0) is 17.5. The van der Waals surface area contributed by atoms with Gasteiger partial charge in [0.2, 0.25) is 0 Å². The van der Waals surface area contributed by atoms with Crippen LogP contribution in [0.15, 0.2) is 16.6 Å². The summed E-state index contributed by atoms with van der Waals surface area (Å²) in [7, 11) is 3.14. The Kier molecular flexibility index (Phi) is 7.37. The first-order chi connectivity index (χ1) is 11.6. The van der Waals surface area contributed by atoms with E-state index >= 15 is 0 Å². The maximum atomic E-state index is 12.4. The van der Waals surface area contributed by atoms with Gasteiger partial charge >= 0.3 is 0 Å². The lowest BCUT2D eigenvalue weighted by Gasteiger charge is -2.33. The number of benzene rings is 1. The molecule has 0 aromatic heterocycles. The highest BCUT2D eigenvalue weighted by Gasteiger charge is 2.18. The Labute approximate surface area is 152 Å². The largest absolute Gasteiger partial charge is 0.495 e. The highest BCUT2D eigenvalue weighted by Crippen LogP contribution is 2.35. The Morgan fingerprint density at radius 1 is 1.29 bits per heavy atom. The van der Waals surface area contributed by atoms with Gasteiger partial charge in [0, 0.05) is 24.7 Å². The molecule has 1 aromatic carbocycles. The predicted molar refractivity (Wildman–Crippen MR) is 99.1 cm³/mol. The average molecular weight is 399 g/mol. The molecule has 1 aromatic rings. The van der Waals surface area contributed by atoms with Crippen LogP contribution in [0.3, 0.4) is 0 Å². The summed E-state index contributed by atoms with van der Waals surface area (Å²) in [5.74, 6) is 1.06. The maximum absolute atomic E-state index is 12.4. The minimum absolute atomic E-state index is 0.106. The number of halogens is 1. The van der Waals surface area contributed by atoms with Gasteiger partial charge in [0.15, 0.2) is 0 Å². The Morgan fingerprint density at radius 2 is 1.96 bits per heavy atom. The van der Waals surface area contributed by atoms with E-state index in [9.17, 15) is 4.79 Å². The lowest BCUT2D eigenvalue weighted by Crippen LogP contribution is -2.39. The second-order valence-electron chi connectivity index (χ2n) is 6.18. The van der Waals surface area contributed by atoms with E-state index in [0.717, 1.165) is 13.0 Å². The molecule has 6 heteroatoms. The summed E-state index contributed by atoms with van der Waals surface area (Å²) in [5.41, 5.74) is 0.540. The number of nitrogens with one attached hydrogen (secondary N) is 1. The lowest BCUT2D eigenvalue weighted by molar-refractivity contribution is 0.0948. The molecule has 1 aliphatic rings. The number of methoxy groups -OCH3 is 2. The van der Waals surface area contributed by atoms with E-state index < -0.39 is 0 Å². The smallest absolute Gasteiger partial charge is 0.251 e. The number of ether oxygens (including phenoxy) is 2. The molecule has 0 saturated carbocycles. The topological polar surface area (TPSA) is 50.8 Å². The molecular formula is C18H27BrN2O3. The fraction of sp³-hybridized carbons (Fsp3) is 0.611. The second kappa shape index (κ2) is 9.28. The molecule has 1 atom stereocenters. The number of piperidine rings is 1. The average Bonchev–Trinajstić information content (AvgIpc) is 2.60. The molecule has 24 heavy (non-hydrogen) atoms. The van der Waals surface area contributed by atoms with Crippen LogP contribution in [-0.4, -0.2) is 50.7 Å². The van der Waals surface area contributed by atoms with E-state index in [1.54, 1.807) is 26.4 Å². The first-order valence-corrected chi connectivity index (χ1v) is 9.30. The number of hydrogen-bond acceptors (Lipinski definition) is 4. The van der Waals surface area contributed by atoms with Crippen molar-refractivity contribution < 1.29 is 14.3 Å². The monoisotopic (exact) mass is 398 g/mol. The van der Waals surface area contributed by atoms with Crippen LogP contribution in [0, 0.1) is 0 Å². The summed E-state index contributed by atoms with van der Waals surface area (Å²) in [4.78, 5) is 14.9. The van der Waals surface area contributed by atoms with E-state index in [1.807, 2.05) is 0 Å². The SMILES string of the molecule is COc1cc(C(=O)NCCCN2CCCC[C@@H]2C)cc(OC)c1Br. The van der Waals surface area contributed by atoms with Gasteiger partial charge in [-0.25, -0.2) is 0 Å². The molecule has 1 fully saturated rings. The summed E-state index contributed by atoms with van der Waals surface area (Å²) >= 11 is 3.41. The second-order valence-corrected chi connectivity index (χ2v) is 6.98. The minimum Gasteiger partial charge on any atom is -0.495 e. The number of hydrogen-bond donors (Lipinski definition) is 1. The molecule has 1 saturated heterocycles. The van der Waals surface area contributed by atoms with E-state index in [-0.39, 0.29) is 5.91 Å². The maximum Gasteiger partial charge on any atom is 0.251 e. The molecule has 0 unspecified atom stereocenters. The summed E-state index contributed by atoms with van der Waals surface area (Å²) in [6.07, 6.45) is 4.86. The van der Waals surface area contributed by atoms with Gasteiger partial charge in [-0.3, -0.25) is 4.79 Å². The Hall–Kier alpha value is -1.27. The normalized spacial score (nSPS) is 18.2. The summed E-state index contributed by atoms with van der Waals surface area (Å²) in [6.45, 7) is 5.17. The van der Waals surface area contributed by atoms with Crippen LogP contribution < -0.4 is 14.8 Å².